The van der Waals surface area contributed by atoms with E-state index in [1.54, 1.807) is 14.2 Å². The standard InChI is InChI=1S/C49H90O20S5/c1-30-12-40(61-3)38(14-39(30)60-2)29-74(58,59)49-21-47(68-10)37(20-48(49)69-11)28-73(56,57)27-36-19-45(66-8)35(18-46(36)67-9)26-72(54,55)25-34-17-43(64-6)33(16-44(34)65-7)24-71(52,53)23-32-15-41(62-4)31(22-70(50)51)13-42(32)63-5/h30-49H,12-29H2,1-11H3,(H,50,51)/t30-,31-,32-,33-,34-,35-,36-,37-,38+,39?,40?,41?,42?,43?,44?,45?,46?,47?,48?,49+/m1/s1. The molecule has 0 saturated heterocycles. The van der Waals surface area contributed by atoms with Gasteiger partial charge < -0.3 is 51.9 Å². The molecular weight excluding hydrogens is 1070 g/mol. The van der Waals surface area contributed by atoms with Crippen molar-refractivity contribution < 1.29 is 89.8 Å². The Bertz CT molecular complexity index is 2220. The minimum atomic E-state index is -3.82. The Labute approximate surface area is 445 Å². The zero-order valence-corrected chi connectivity index (χ0v) is 49.6. The maximum Gasteiger partial charge on any atom is 0.156 e. The van der Waals surface area contributed by atoms with Crippen molar-refractivity contribution in [2.45, 2.75) is 137 Å². The lowest BCUT2D eigenvalue weighted by atomic mass is 9.79. The molecule has 0 aromatic rings. The third kappa shape index (κ3) is 17.0. The van der Waals surface area contributed by atoms with Gasteiger partial charge in [-0.1, -0.05) is 6.92 Å². The molecule has 0 bridgehead atoms. The number of rotatable bonds is 27. The summed E-state index contributed by atoms with van der Waals surface area (Å²) in [7, 11) is 0.0372. The predicted octanol–water partition coefficient (Wildman–Crippen LogP) is 2.92. The van der Waals surface area contributed by atoms with Gasteiger partial charge >= 0.3 is 0 Å². The Balaban J connectivity index is 1.19. The SMILES string of the molecule is COC1C[C@H](CS(=O)(=O)C[C@H]2CC(OC)[C@@H](CS(=O)(=O)C[C@H]3CC(OC)[C@@H](CS(=O)(=O)C[C@H]4CC(OC)[C@@H](S(=O)(=O)C[C@@H]5CC(OC)[C@H](C)CC5OC)CC4OC)CC3OC)CC2OC)C(OC)C[C@@H]1CS(=O)O. The van der Waals surface area contributed by atoms with Crippen LogP contribution in [0.3, 0.4) is 0 Å². The molecule has 11 unspecified atom stereocenters. The van der Waals surface area contributed by atoms with E-state index in [0.29, 0.717) is 25.7 Å². The highest BCUT2D eigenvalue weighted by Gasteiger charge is 2.50. The highest BCUT2D eigenvalue weighted by atomic mass is 32.2. The first-order chi connectivity index (χ1) is 34.8. The molecule has 74 heavy (non-hydrogen) atoms. The minimum Gasteiger partial charge on any atom is -0.381 e. The number of hydrogen-bond donors (Lipinski definition) is 1. The molecule has 5 rings (SSSR count). The molecule has 0 heterocycles. The fraction of sp³-hybridized carbons (Fsp3) is 1.00. The summed E-state index contributed by atoms with van der Waals surface area (Å²) in [5.74, 6) is -4.78. The summed E-state index contributed by atoms with van der Waals surface area (Å²) >= 11 is -2.04. The Morgan fingerprint density at radius 2 is 0.568 bits per heavy atom. The molecule has 21 atom stereocenters. The van der Waals surface area contributed by atoms with Crippen LogP contribution in [0.15, 0.2) is 0 Å². The first-order valence-corrected chi connectivity index (χ1v) is 34.5. The van der Waals surface area contributed by atoms with Crippen LogP contribution >= 0.6 is 0 Å². The lowest BCUT2D eigenvalue weighted by Crippen LogP contribution is -2.52. The van der Waals surface area contributed by atoms with Crippen molar-refractivity contribution in [3.8, 4) is 0 Å². The van der Waals surface area contributed by atoms with Crippen LogP contribution in [0.1, 0.15) is 71.1 Å². The fourth-order valence-corrected chi connectivity index (χ4v) is 23.4. The van der Waals surface area contributed by atoms with E-state index in [1.807, 2.05) is 0 Å². The number of methoxy groups -OCH3 is 10. The molecule has 5 aliphatic rings. The van der Waals surface area contributed by atoms with Crippen LogP contribution in [0.5, 0.6) is 0 Å². The molecule has 0 aliphatic heterocycles. The molecule has 0 aromatic carbocycles. The number of ether oxygens (including phenoxy) is 10. The summed E-state index contributed by atoms with van der Waals surface area (Å²) in [6, 6.07) is 0. The summed E-state index contributed by atoms with van der Waals surface area (Å²) in [4.78, 5) is 0. The smallest absolute Gasteiger partial charge is 0.156 e. The summed E-state index contributed by atoms with van der Waals surface area (Å²) in [6.45, 7) is 2.07. The average molecular weight is 1160 g/mol. The van der Waals surface area contributed by atoms with Gasteiger partial charge in [-0.05, 0) is 70.1 Å². The second-order valence-electron chi connectivity index (χ2n) is 22.2. The van der Waals surface area contributed by atoms with Crippen LogP contribution in [0.25, 0.3) is 0 Å². The van der Waals surface area contributed by atoms with Crippen molar-refractivity contribution >= 4 is 50.4 Å². The second kappa shape index (κ2) is 28.3. The van der Waals surface area contributed by atoms with Gasteiger partial charge in [-0.3, -0.25) is 0 Å². The van der Waals surface area contributed by atoms with Gasteiger partial charge in [0.15, 0.2) is 50.4 Å². The van der Waals surface area contributed by atoms with Crippen LogP contribution < -0.4 is 0 Å². The summed E-state index contributed by atoms with van der Waals surface area (Å²) in [5, 5.41) is -0.904. The van der Waals surface area contributed by atoms with E-state index < -0.39 is 140 Å². The Morgan fingerprint density at radius 3 is 0.865 bits per heavy atom. The van der Waals surface area contributed by atoms with E-state index in [0.717, 1.165) is 0 Å². The Hall–Kier alpha value is -0.490. The molecular formula is C49H90O20S5. The van der Waals surface area contributed by atoms with E-state index in [2.05, 4.69) is 6.92 Å². The molecule has 0 aromatic heterocycles. The topological polar surface area (TPSA) is 266 Å². The van der Waals surface area contributed by atoms with Crippen molar-refractivity contribution in [1.29, 1.82) is 0 Å². The Morgan fingerprint density at radius 1 is 0.338 bits per heavy atom. The molecule has 436 valence electrons. The number of hydrogen-bond acceptors (Lipinski definition) is 19. The molecule has 0 amide bonds. The third-order valence-electron chi connectivity index (χ3n) is 17.7. The molecule has 5 saturated carbocycles. The van der Waals surface area contributed by atoms with E-state index in [-0.39, 0.29) is 115 Å². The molecule has 25 heteroatoms. The van der Waals surface area contributed by atoms with Crippen LogP contribution in [0.2, 0.25) is 0 Å². The van der Waals surface area contributed by atoms with Crippen LogP contribution in [0, 0.1) is 53.3 Å². The van der Waals surface area contributed by atoms with Crippen molar-refractivity contribution in [3.05, 3.63) is 0 Å². The van der Waals surface area contributed by atoms with Crippen molar-refractivity contribution in [2.75, 3.05) is 117 Å². The molecule has 1 N–H and O–H groups in total. The molecule has 0 spiro atoms. The molecule has 5 aliphatic carbocycles. The zero-order chi connectivity index (χ0) is 54.9. The van der Waals surface area contributed by atoms with Crippen LogP contribution in [0.4, 0.5) is 0 Å². The first kappa shape index (κ1) is 64.3. The fourth-order valence-electron chi connectivity index (χ4n) is 13.9. The largest absolute Gasteiger partial charge is 0.381 e. The van der Waals surface area contributed by atoms with Gasteiger partial charge in [0, 0.05) is 118 Å². The maximum atomic E-state index is 14.2. The summed E-state index contributed by atoms with van der Waals surface area (Å²) in [5.41, 5.74) is 0. The maximum absolute atomic E-state index is 14.2. The summed E-state index contributed by atoms with van der Waals surface area (Å²) < 4.78 is 192. The van der Waals surface area contributed by atoms with Gasteiger partial charge in [0.2, 0.25) is 0 Å². The van der Waals surface area contributed by atoms with E-state index in [4.69, 9.17) is 47.4 Å². The lowest BCUT2D eigenvalue weighted by Gasteiger charge is -2.43. The zero-order valence-electron chi connectivity index (χ0n) is 45.5. The average Bonchev–Trinajstić information content (AvgIpc) is 3.33. The van der Waals surface area contributed by atoms with E-state index in [9.17, 15) is 42.4 Å². The van der Waals surface area contributed by atoms with Crippen LogP contribution in [-0.2, 0) is 97.8 Å². The molecule has 5 fully saturated rings. The monoisotopic (exact) mass is 1160 g/mol. The quantitative estimate of drug-likeness (QED) is 0.116. The van der Waals surface area contributed by atoms with Gasteiger partial charge in [-0.15, -0.1) is 0 Å². The van der Waals surface area contributed by atoms with Crippen molar-refractivity contribution in [3.63, 3.8) is 0 Å². The highest BCUT2D eigenvalue weighted by molar-refractivity contribution is 7.92. The second-order valence-corrected chi connectivity index (χ2v) is 31.9. The molecule has 20 nitrogen and oxygen atoms in total. The van der Waals surface area contributed by atoms with Gasteiger partial charge in [-0.25, -0.2) is 37.9 Å². The normalized spacial score (nSPS) is 39.4. The van der Waals surface area contributed by atoms with Crippen LogP contribution in [-0.4, -0.2) is 226 Å². The highest BCUT2D eigenvalue weighted by Crippen LogP contribution is 2.42. The van der Waals surface area contributed by atoms with Gasteiger partial charge in [0.1, 0.15) is 0 Å². The van der Waals surface area contributed by atoms with Gasteiger partial charge in [0.05, 0.1) is 112 Å². The third-order valence-corrected chi connectivity index (χ3v) is 26.3. The minimum absolute atomic E-state index is 0.00227. The van der Waals surface area contributed by atoms with Gasteiger partial charge in [0.25, 0.3) is 0 Å². The van der Waals surface area contributed by atoms with Crippen molar-refractivity contribution in [2.24, 2.45) is 53.3 Å². The Kier molecular flexibility index (Phi) is 24.6. The van der Waals surface area contributed by atoms with E-state index in [1.165, 1.54) is 56.9 Å². The lowest BCUT2D eigenvalue weighted by molar-refractivity contribution is -0.0583. The van der Waals surface area contributed by atoms with Gasteiger partial charge in [-0.2, -0.15) is 0 Å². The molecule has 0 radical (unpaired) electrons. The first-order valence-electron chi connectivity index (χ1n) is 26.0. The summed E-state index contributed by atoms with van der Waals surface area (Å²) in [6.07, 6.45) is -1.78. The number of sulfone groups is 4. The van der Waals surface area contributed by atoms with E-state index >= 15 is 0 Å². The van der Waals surface area contributed by atoms with Crippen molar-refractivity contribution in [1.82, 2.24) is 0 Å². The predicted molar refractivity (Wildman–Crippen MR) is 280 cm³/mol.